The van der Waals surface area contributed by atoms with Crippen LogP contribution in [0.1, 0.15) is 99.8 Å². The van der Waals surface area contributed by atoms with Gasteiger partial charge in [-0.2, -0.15) is 24.9 Å². The normalized spacial score (nSPS) is 11.6. The lowest BCUT2D eigenvalue weighted by molar-refractivity contribution is 0.592. The SMILES string of the molecule is C=CCn1c(=O)c2c(nc3n(-c4cccc(C)c4)c(C)c(C)n23)n(C)c1=O.C=CCn1c(C)cn2c3c(=O)n(Cc4ccccc4C)c(=O)n(C)c3nc12.CCCn1c(=O)c2c(nc3n(-c4ccccc4C)c(C)cn23)n(C)c1=O.CCCn1c(C)cn2c3c(=O)n(Cc4ccccc4)c(=O)n(C)c3nc12.Cc1cc(C)cc(-n2c(C)cn3c4c(=O)n(C)c(=O)n(C)c4nc23)c1. The highest BCUT2D eigenvalue weighted by Crippen LogP contribution is 2.29. The maximum Gasteiger partial charge on any atom is 0.332 e. The van der Waals surface area contributed by atoms with E-state index in [1.807, 2.05) is 232 Å². The first-order valence-corrected chi connectivity index (χ1v) is 43.0. The molecule has 20 aromatic rings. The summed E-state index contributed by atoms with van der Waals surface area (Å²) >= 11 is 0. The predicted molar refractivity (Wildman–Crippen MR) is 510 cm³/mol. The molecule has 0 N–H and O–H groups in total. The quantitative estimate of drug-likeness (QED) is 0.0862. The van der Waals surface area contributed by atoms with E-state index in [1.165, 1.54) is 48.2 Å². The molecule has 0 bridgehead atoms. The van der Waals surface area contributed by atoms with E-state index >= 15 is 0 Å². The number of para-hydroxylation sites is 1. The zero-order valence-corrected chi connectivity index (χ0v) is 76.8. The largest absolute Gasteiger partial charge is 0.332 e. The number of aromatic nitrogens is 25. The lowest BCUT2D eigenvalue weighted by Gasteiger charge is -2.10. The number of hydrogen-bond donors (Lipinski definition) is 0. The van der Waals surface area contributed by atoms with Crippen LogP contribution in [0.3, 0.4) is 0 Å². The summed E-state index contributed by atoms with van der Waals surface area (Å²) in [6.45, 7) is 35.9. The van der Waals surface area contributed by atoms with Crippen molar-refractivity contribution < 1.29 is 0 Å². The standard InChI is InChI=1S/2C20H21N5O2.2C19H21N5O2.C18H19N5O2/c1-6-10-23-18(26)16-17(22(5)20(23)27)21-19-24(13(3)14(4)25(16)19)15-9-7-8-12(2)11-15;1-5-10-23-14(3)11-24-16-17(21-19(23)24)22(4)20(27)25(18(16)26)12-15-9-7-6-8-13(15)2;1-5-10-22-17(25)15-16(21(4)19(22)26)20-18-23(15)11-13(3)24(18)14-9-7-6-8-12(14)2;1-4-10-22-13(2)11-23-15-16(20-18(22)23)21(3)19(26)24(17(15)25)12-14-8-6-5-7-9-14;1-10-6-11(2)8-13(7-10)23-12(3)9-22-14-15(19-17(22)23)20(4)18(25)21(5)16(14)24/h6-9,11H,1,10H2,2-5H3;5-9,11H,1,10,12H2,2-4H3;6-9,11H,5,10H2,1-4H3;5-9,11H,4,10,12H2,1-3H3;6-9H,1-5H3. The summed E-state index contributed by atoms with van der Waals surface area (Å²) in [6, 6.07) is 39.7. The van der Waals surface area contributed by atoms with Crippen molar-refractivity contribution in [2.24, 2.45) is 42.3 Å². The van der Waals surface area contributed by atoms with Crippen LogP contribution in [-0.4, -0.2) is 115 Å². The molecule has 35 heteroatoms. The summed E-state index contributed by atoms with van der Waals surface area (Å²) in [4.78, 5) is 151. The molecule has 5 aromatic carbocycles. The van der Waals surface area contributed by atoms with Gasteiger partial charge in [-0.3, -0.25) is 105 Å². The molecule has 0 saturated heterocycles. The molecule has 131 heavy (non-hydrogen) atoms. The summed E-state index contributed by atoms with van der Waals surface area (Å²) in [7, 11) is 9.72. The van der Waals surface area contributed by atoms with Gasteiger partial charge in [0.05, 0.1) is 18.8 Å². The molecule has 15 heterocycles. The van der Waals surface area contributed by atoms with Crippen molar-refractivity contribution in [3.63, 3.8) is 0 Å². The average molecular weight is 1770 g/mol. The van der Waals surface area contributed by atoms with Gasteiger partial charge >= 0.3 is 28.4 Å². The van der Waals surface area contributed by atoms with Gasteiger partial charge in [-0.05, 0) is 158 Å². The molecular weight excluding hydrogens is 1660 g/mol. The first-order valence-electron chi connectivity index (χ1n) is 43.0. The lowest BCUT2D eigenvalue weighted by atomic mass is 10.1. The summed E-state index contributed by atoms with van der Waals surface area (Å²) < 4.78 is 32.4. The van der Waals surface area contributed by atoms with E-state index in [1.54, 1.807) is 60.6 Å². The topological polar surface area (TPSA) is 331 Å². The van der Waals surface area contributed by atoms with Crippen molar-refractivity contribution in [3.05, 3.63) is 349 Å². The number of nitrogens with zero attached hydrogens (tertiary/aromatic N) is 25. The van der Waals surface area contributed by atoms with Crippen LogP contribution in [0.15, 0.2) is 219 Å². The molecule has 672 valence electrons. The minimum atomic E-state index is -0.398. The van der Waals surface area contributed by atoms with Gasteiger partial charge in [0.25, 0.3) is 27.8 Å². The van der Waals surface area contributed by atoms with Gasteiger partial charge < -0.3 is 9.13 Å². The first kappa shape index (κ1) is 88.5. The highest BCUT2D eigenvalue weighted by atomic mass is 16.2. The molecular formula is C96H103N25O10. The number of aryl methyl sites for hydroxylation is 16. The number of imidazole rings is 10. The second-order valence-corrected chi connectivity index (χ2v) is 33.4. The fourth-order valence-electron chi connectivity index (χ4n) is 17.6. The third kappa shape index (κ3) is 14.7. The van der Waals surface area contributed by atoms with Gasteiger partial charge in [0.2, 0.25) is 28.9 Å². The molecule has 0 aliphatic heterocycles. The number of benzene rings is 5. The summed E-state index contributed by atoms with van der Waals surface area (Å²) in [5.41, 5.74) is 16.9. The zero-order chi connectivity index (χ0) is 93.8. The van der Waals surface area contributed by atoms with Gasteiger partial charge in [0, 0.05) is 139 Å². The highest BCUT2D eigenvalue weighted by molar-refractivity contribution is 5.81. The lowest BCUT2D eigenvalue weighted by Crippen LogP contribution is -2.39. The Balaban J connectivity index is 0.000000120. The number of fused-ring (bicyclic) bond motifs is 15. The van der Waals surface area contributed by atoms with Crippen LogP contribution in [0, 0.1) is 76.2 Å². The fraction of sp³-hybridized carbons (Fsp3) is 0.281. The third-order valence-corrected chi connectivity index (χ3v) is 24.3. The average Bonchev–Trinajstić information content (AvgIpc) is 1.56. The zero-order valence-electron chi connectivity index (χ0n) is 76.8. The van der Waals surface area contributed by atoms with Crippen LogP contribution >= 0.6 is 0 Å². The van der Waals surface area contributed by atoms with Crippen molar-refractivity contribution in [1.82, 2.24) is 115 Å². The summed E-state index contributed by atoms with van der Waals surface area (Å²) in [5.74, 6) is 3.20. The Bertz CT molecular complexity index is 8770. The van der Waals surface area contributed by atoms with Crippen molar-refractivity contribution in [2.45, 2.75) is 142 Å². The molecule has 0 spiro atoms. The Morgan fingerprint density at radius 3 is 1.28 bits per heavy atom. The molecule has 0 aliphatic carbocycles. The van der Waals surface area contributed by atoms with E-state index in [2.05, 4.69) is 73.8 Å². The van der Waals surface area contributed by atoms with Gasteiger partial charge in [0.15, 0.2) is 55.8 Å². The van der Waals surface area contributed by atoms with Crippen molar-refractivity contribution in [2.75, 3.05) is 0 Å². The van der Waals surface area contributed by atoms with E-state index in [0.29, 0.717) is 104 Å². The maximum absolute atomic E-state index is 13.2. The van der Waals surface area contributed by atoms with Crippen molar-refractivity contribution in [3.8, 4) is 17.1 Å². The third-order valence-electron chi connectivity index (χ3n) is 24.3. The highest BCUT2D eigenvalue weighted by Gasteiger charge is 2.28. The molecule has 0 amide bonds. The molecule has 0 unspecified atom stereocenters. The van der Waals surface area contributed by atoms with Crippen molar-refractivity contribution >= 4 is 84.7 Å². The van der Waals surface area contributed by atoms with Gasteiger partial charge in [0.1, 0.15) is 0 Å². The second kappa shape index (κ2) is 34.3. The minimum Gasteiger partial charge on any atom is -0.314 e. The van der Waals surface area contributed by atoms with Gasteiger partial charge in [-0.15, -0.1) is 13.2 Å². The van der Waals surface area contributed by atoms with Gasteiger partial charge in [-0.25, -0.2) is 24.0 Å². The molecule has 15 aromatic heterocycles. The van der Waals surface area contributed by atoms with E-state index in [4.69, 9.17) is 0 Å². The smallest absolute Gasteiger partial charge is 0.314 e. The molecule has 0 fully saturated rings. The Morgan fingerprint density at radius 1 is 0.321 bits per heavy atom. The minimum absolute atomic E-state index is 0.158. The monoisotopic (exact) mass is 1770 g/mol. The van der Waals surface area contributed by atoms with Crippen LogP contribution in [0.2, 0.25) is 0 Å². The predicted octanol–water partition coefficient (Wildman–Crippen LogP) is 9.93. The van der Waals surface area contributed by atoms with Crippen LogP contribution in [-0.2, 0) is 81.6 Å². The summed E-state index contributed by atoms with van der Waals surface area (Å²) in [6.07, 6.45) is 12.6. The fourth-order valence-corrected chi connectivity index (χ4v) is 17.6. The summed E-state index contributed by atoms with van der Waals surface area (Å²) in [5, 5.41) is 0. The van der Waals surface area contributed by atoms with E-state index < -0.39 is 5.69 Å². The molecule has 0 saturated carbocycles. The van der Waals surface area contributed by atoms with Crippen molar-refractivity contribution in [1.29, 1.82) is 0 Å². The molecule has 20 rings (SSSR count). The van der Waals surface area contributed by atoms with Crippen LogP contribution in [0.25, 0.3) is 102 Å². The number of rotatable bonds is 15. The van der Waals surface area contributed by atoms with Crippen LogP contribution in [0.5, 0.6) is 0 Å². The van der Waals surface area contributed by atoms with E-state index in [-0.39, 0.29) is 70.2 Å². The van der Waals surface area contributed by atoms with Crippen LogP contribution < -0.4 is 56.2 Å². The maximum atomic E-state index is 13.2. The Kier molecular flexibility index (Phi) is 23.2. The van der Waals surface area contributed by atoms with Gasteiger partial charge in [-0.1, -0.05) is 117 Å². The number of hydrogen-bond acceptors (Lipinski definition) is 15. The first-order chi connectivity index (χ1) is 62.6. The Hall–Kier alpha value is -16.0. The van der Waals surface area contributed by atoms with E-state index in [0.717, 1.165) is 108 Å². The molecule has 0 atom stereocenters. The molecule has 0 radical (unpaired) electrons. The number of allylic oxidation sites excluding steroid dienone is 2. The molecule has 35 nitrogen and oxygen atoms in total. The van der Waals surface area contributed by atoms with Crippen LogP contribution in [0.4, 0.5) is 0 Å². The Labute approximate surface area is 746 Å². The van der Waals surface area contributed by atoms with E-state index in [9.17, 15) is 47.9 Å². The molecule has 0 aliphatic rings. The second-order valence-electron chi connectivity index (χ2n) is 33.4. The Morgan fingerprint density at radius 2 is 0.733 bits per heavy atom.